The molecule has 7 heteroatoms. The largest absolute Gasteiger partial charge is 0.405 e. The molecule has 0 radical (unpaired) electrons. The third-order valence-corrected chi connectivity index (χ3v) is 2.27. The van der Waals surface area contributed by atoms with Gasteiger partial charge in [-0.3, -0.25) is 0 Å². The molecule has 0 atom stereocenters. The smallest absolute Gasteiger partial charge is 0.338 e. The molecule has 0 aromatic carbocycles. The van der Waals surface area contributed by atoms with E-state index in [2.05, 4.69) is 5.32 Å². The molecule has 0 bridgehead atoms. The highest BCUT2D eigenvalue weighted by molar-refractivity contribution is 5.73. The Balaban J connectivity index is 2.04. The first-order valence-electron chi connectivity index (χ1n) is 4.71. The normalized spacial score (nSPS) is 25.6. The quantitative estimate of drug-likeness (QED) is 0.658. The van der Waals surface area contributed by atoms with Gasteiger partial charge in [-0.1, -0.05) is 0 Å². The van der Waals surface area contributed by atoms with Crippen molar-refractivity contribution in [1.82, 2.24) is 10.6 Å². The van der Waals surface area contributed by atoms with E-state index in [4.69, 9.17) is 5.73 Å². The second kappa shape index (κ2) is 4.69. The van der Waals surface area contributed by atoms with Gasteiger partial charge in [0.15, 0.2) is 0 Å². The number of carbonyl (C=O) groups excluding carboxylic acids is 1. The Labute approximate surface area is 85.4 Å². The minimum absolute atomic E-state index is 0.176. The lowest BCUT2D eigenvalue weighted by atomic mass is 9.81. The van der Waals surface area contributed by atoms with Crippen LogP contribution in [0.5, 0.6) is 0 Å². The first kappa shape index (κ1) is 12.1. The highest BCUT2D eigenvalue weighted by atomic mass is 19.4. The SMILES string of the molecule is NC1CC(CNC(=O)NCC(F)(F)F)C1. The van der Waals surface area contributed by atoms with Crippen molar-refractivity contribution >= 4 is 6.03 Å². The van der Waals surface area contributed by atoms with Gasteiger partial charge in [0, 0.05) is 12.6 Å². The van der Waals surface area contributed by atoms with Crippen molar-refractivity contribution in [1.29, 1.82) is 0 Å². The van der Waals surface area contributed by atoms with Crippen LogP contribution in [0.15, 0.2) is 0 Å². The molecule has 15 heavy (non-hydrogen) atoms. The van der Waals surface area contributed by atoms with Crippen molar-refractivity contribution in [2.45, 2.75) is 25.1 Å². The summed E-state index contributed by atoms with van der Waals surface area (Å²) in [6, 6.07) is -0.608. The molecule has 0 aliphatic heterocycles. The van der Waals surface area contributed by atoms with E-state index in [0.29, 0.717) is 12.5 Å². The molecule has 88 valence electrons. The molecule has 0 spiro atoms. The van der Waals surface area contributed by atoms with Gasteiger partial charge in [0.2, 0.25) is 0 Å². The van der Waals surface area contributed by atoms with Gasteiger partial charge >= 0.3 is 12.2 Å². The second-order valence-electron chi connectivity index (χ2n) is 3.78. The summed E-state index contributed by atoms with van der Waals surface area (Å²) >= 11 is 0. The number of hydrogen-bond acceptors (Lipinski definition) is 2. The van der Waals surface area contributed by atoms with Crippen molar-refractivity contribution < 1.29 is 18.0 Å². The maximum atomic E-state index is 11.7. The Morgan fingerprint density at radius 3 is 2.40 bits per heavy atom. The lowest BCUT2D eigenvalue weighted by molar-refractivity contribution is -0.122. The lowest BCUT2D eigenvalue weighted by Gasteiger charge is -2.32. The van der Waals surface area contributed by atoms with E-state index in [1.54, 1.807) is 5.32 Å². The summed E-state index contributed by atoms with van der Waals surface area (Å²) in [4.78, 5) is 10.9. The summed E-state index contributed by atoms with van der Waals surface area (Å²) in [6.45, 7) is -0.916. The lowest BCUT2D eigenvalue weighted by Crippen LogP contribution is -2.46. The van der Waals surface area contributed by atoms with E-state index >= 15 is 0 Å². The third kappa shape index (κ3) is 4.87. The predicted molar refractivity (Wildman–Crippen MR) is 48.2 cm³/mol. The summed E-state index contributed by atoms with van der Waals surface area (Å²) in [5.74, 6) is 0.302. The first-order valence-corrected chi connectivity index (χ1v) is 4.71. The number of halogens is 3. The van der Waals surface area contributed by atoms with Crippen LogP contribution in [-0.2, 0) is 0 Å². The van der Waals surface area contributed by atoms with Crippen LogP contribution in [0.3, 0.4) is 0 Å². The minimum atomic E-state index is -4.36. The van der Waals surface area contributed by atoms with Crippen molar-refractivity contribution in [2.75, 3.05) is 13.1 Å². The average Bonchev–Trinajstić information content (AvgIpc) is 2.06. The van der Waals surface area contributed by atoms with E-state index in [-0.39, 0.29) is 6.04 Å². The fraction of sp³-hybridized carbons (Fsp3) is 0.875. The van der Waals surface area contributed by atoms with Gasteiger partial charge in [0.05, 0.1) is 0 Å². The molecule has 0 saturated heterocycles. The minimum Gasteiger partial charge on any atom is -0.338 e. The van der Waals surface area contributed by atoms with Crippen LogP contribution in [0.4, 0.5) is 18.0 Å². The summed E-state index contributed by atoms with van der Waals surface area (Å²) in [5, 5.41) is 4.10. The Hall–Kier alpha value is -0.980. The number of amides is 2. The number of alkyl halides is 3. The van der Waals surface area contributed by atoms with Gasteiger partial charge in [-0.05, 0) is 18.8 Å². The van der Waals surface area contributed by atoms with Gasteiger partial charge in [-0.15, -0.1) is 0 Å². The van der Waals surface area contributed by atoms with Crippen molar-refractivity contribution in [3.05, 3.63) is 0 Å². The van der Waals surface area contributed by atoms with E-state index in [9.17, 15) is 18.0 Å². The molecule has 0 unspecified atom stereocenters. The molecular weight excluding hydrogens is 211 g/mol. The van der Waals surface area contributed by atoms with Crippen LogP contribution in [0.2, 0.25) is 0 Å². The van der Waals surface area contributed by atoms with E-state index < -0.39 is 18.8 Å². The summed E-state index contributed by atoms with van der Waals surface area (Å²) in [7, 11) is 0. The average molecular weight is 225 g/mol. The molecule has 1 rings (SSSR count). The number of carbonyl (C=O) groups is 1. The van der Waals surface area contributed by atoms with Gasteiger partial charge in [-0.2, -0.15) is 13.2 Å². The van der Waals surface area contributed by atoms with Crippen molar-refractivity contribution in [2.24, 2.45) is 11.7 Å². The zero-order valence-corrected chi connectivity index (χ0v) is 8.10. The molecule has 4 nitrogen and oxygen atoms in total. The fourth-order valence-electron chi connectivity index (χ4n) is 1.43. The first-order chi connectivity index (χ1) is 6.87. The fourth-order valence-corrected chi connectivity index (χ4v) is 1.43. The van der Waals surface area contributed by atoms with E-state index in [1.807, 2.05) is 0 Å². The molecule has 0 aromatic heterocycles. The molecule has 1 aliphatic carbocycles. The molecule has 1 fully saturated rings. The molecular formula is C8H14F3N3O. The van der Waals surface area contributed by atoms with Crippen LogP contribution < -0.4 is 16.4 Å². The molecule has 4 N–H and O–H groups in total. The zero-order valence-electron chi connectivity index (χ0n) is 8.10. The maximum absolute atomic E-state index is 11.7. The number of nitrogens with one attached hydrogen (secondary N) is 2. The predicted octanol–water partition coefficient (Wildman–Crippen LogP) is 0.585. The Morgan fingerprint density at radius 1 is 1.33 bits per heavy atom. The highest BCUT2D eigenvalue weighted by Crippen LogP contribution is 2.24. The molecule has 2 amide bonds. The zero-order chi connectivity index (χ0) is 11.5. The number of hydrogen-bond donors (Lipinski definition) is 3. The van der Waals surface area contributed by atoms with Crippen LogP contribution in [-0.4, -0.2) is 31.3 Å². The summed E-state index contributed by atoms with van der Waals surface area (Å²) < 4.78 is 35.1. The Kier molecular flexibility index (Phi) is 3.78. The monoisotopic (exact) mass is 225 g/mol. The highest BCUT2D eigenvalue weighted by Gasteiger charge is 2.29. The third-order valence-electron chi connectivity index (χ3n) is 2.27. The molecule has 0 heterocycles. The number of nitrogens with two attached hydrogens (primary N) is 1. The molecule has 1 aliphatic rings. The second-order valence-corrected chi connectivity index (χ2v) is 3.78. The van der Waals surface area contributed by atoms with Crippen LogP contribution in [0.1, 0.15) is 12.8 Å². The standard InChI is InChI=1S/C8H14F3N3O/c9-8(10,11)4-14-7(15)13-3-5-1-6(12)2-5/h5-6H,1-4,12H2,(H2,13,14,15). The van der Waals surface area contributed by atoms with Crippen LogP contribution in [0, 0.1) is 5.92 Å². The summed E-state index contributed by atoms with van der Waals surface area (Å²) in [6.07, 6.45) is -2.73. The van der Waals surface area contributed by atoms with Crippen LogP contribution >= 0.6 is 0 Å². The van der Waals surface area contributed by atoms with Crippen LogP contribution in [0.25, 0.3) is 0 Å². The van der Waals surface area contributed by atoms with Gasteiger partial charge < -0.3 is 16.4 Å². The maximum Gasteiger partial charge on any atom is 0.405 e. The van der Waals surface area contributed by atoms with Gasteiger partial charge in [-0.25, -0.2) is 4.79 Å². The Bertz CT molecular complexity index is 226. The van der Waals surface area contributed by atoms with Crippen molar-refractivity contribution in [3.63, 3.8) is 0 Å². The molecule has 1 saturated carbocycles. The number of urea groups is 1. The van der Waals surface area contributed by atoms with Gasteiger partial charge in [0.25, 0.3) is 0 Å². The van der Waals surface area contributed by atoms with Gasteiger partial charge in [0.1, 0.15) is 6.54 Å². The Morgan fingerprint density at radius 2 is 1.93 bits per heavy atom. The van der Waals surface area contributed by atoms with E-state index in [0.717, 1.165) is 12.8 Å². The summed E-state index contributed by atoms with van der Waals surface area (Å²) in [5.41, 5.74) is 5.51. The van der Waals surface area contributed by atoms with Crippen molar-refractivity contribution in [3.8, 4) is 0 Å². The van der Waals surface area contributed by atoms with E-state index in [1.165, 1.54) is 0 Å². The topological polar surface area (TPSA) is 67.1 Å². The molecule has 0 aromatic rings. The number of rotatable bonds is 3.